The molecular formula is C24H26N6O4. The number of nitrogens with one attached hydrogen (secondary N) is 1. The van der Waals surface area contributed by atoms with Gasteiger partial charge in [-0.05, 0) is 43.2 Å². The molecule has 34 heavy (non-hydrogen) atoms. The maximum absolute atomic E-state index is 12.7. The minimum Gasteiger partial charge on any atom is -0.492 e. The summed E-state index contributed by atoms with van der Waals surface area (Å²) < 4.78 is 6.80. The molecule has 2 amide bonds. The van der Waals surface area contributed by atoms with E-state index in [9.17, 15) is 14.4 Å². The predicted octanol–water partition coefficient (Wildman–Crippen LogP) is 1.67. The number of rotatable bonds is 8. The summed E-state index contributed by atoms with van der Waals surface area (Å²) in [6.07, 6.45) is 3.20. The Morgan fingerprint density at radius 1 is 1.12 bits per heavy atom. The largest absolute Gasteiger partial charge is 0.492 e. The average Bonchev–Trinajstić information content (AvgIpc) is 2.86. The Kier molecular flexibility index (Phi) is 7.16. The van der Waals surface area contributed by atoms with Crippen molar-refractivity contribution in [1.29, 1.82) is 0 Å². The Balaban J connectivity index is 1.36. The fraction of sp³-hybridized carbons (Fsp3) is 0.292. The molecule has 0 saturated carbocycles. The van der Waals surface area contributed by atoms with E-state index in [2.05, 4.69) is 15.4 Å². The summed E-state index contributed by atoms with van der Waals surface area (Å²) in [5, 5.41) is 6.90. The lowest BCUT2D eigenvalue weighted by molar-refractivity contribution is -0.122. The Bertz CT molecular complexity index is 1200. The summed E-state index contributed by atoms with van der Waals surface area (Å²) in [5.74, 6) is 0.465. The highest BCUT2D eigenvalue weighted by Gasteiger charge is 2.24. The first kappa shape index (κ1) is 23.0. The number of aromatic nitrogens is 3. The van der Waals surface area contributed by atoms with Gasteiger partial charge in [0.1, 0.15) is 23.9 Å². The van der Waals surface area contributed by atoms with Crippen molar-refractivity contribution in [2.45, 2.75) is 19.4 Å². The fourth-order valence-corrected chi connectivity index (χ4v) is 3.76. The van der Waals surface area contributed by atoms with Crippen molar-refractivity contribution >= 4 is 23.3 Å². The smallest absolute Gasteiger partial charge is 0.276 e. The molecule has 1 aliphatic heterocycles. The van der Waals surface area contributed by atoms with Gasteiger partial charge in [0.15, 0.2) is 0 Å². The van der Waals surface area contributed by atoms with Gasteiger partial charge in [-0.1, -0.05) is 18.2 Å². The molecule has 176 valence electrons. The Morgan fingerprint density at radius 2 is 1.94 bits per heavy atom. The van der Waals surface area contributed by atoms with E-state index in [0.29, 0.717) is 23.8 Å². The molecule has 4 rings (SSSR count). The zero-order chi connectivity index (χ0) is 23.9. The second-order valence-corrected chi connectivity index (χ2v) is 7.99. The molecule has 3 heterocycles. The minimum atomic E-state index is -0.459. The van der Waals surface area contributed by atoms with E-state index in [1.54, 1.807) is 18.3 Å². The van der Waals surface area contributed by atoms with Crippen LogP contribution in [0.15, 0.2) is 65.6 Å². The SMILES string of the molecule is NC(=O)C1CCCN(c2ccc(NC(=O)c3ccc(=O)n(CCOc4ccccc4)n3)cn2)C1. The standard InChI is InChI=1S/C24H26N6O4/c25-23(32)17-5-4-12-29(16-17)21-10-8-18(15-26-21)27-24(33)20-9-11-22(31)30(28-20)13-14-34-19-6-2-1-3-7-19/h1-3,6-11,15,17H,4-5,12-14,16H2,(H2,25,32)(H,27,33). The van der Waals surface area contributed by atoms with Crippen molar-refractivity contribution in [1.82, 2.24) is 14.8 Å². The van der Waals surface area contributed by atoms with Gasteiger partial charge in [-0.3, -0.25) is 14.4 Å². The number of carbonyl (C=O) groups excluding carboxylic acids is 2. The number of primary amides is 1. The van der Waals surface area contributed by atoms with Crippen molar-refractivity contribution < 1.29 is 14.3 Å². The Labute approximate surface area is 196 Å². The second kappa shape index (κ2) is 10.6. The molecule has 3 aromatic rings. The van der Waals surface area contributed by atoms with Crippen LogP contribution in [0.2, 0.25) is 0 Å². The number of anilines is 2. The molecule has 0 spiro atoms. The molecule has 0 bridgehead atoms. The lowest BCUT2D eigenvalue weighted by atomic mass is 9.97. The van der Waals surface area contributed by atoms with E-state index >= 15 is 0 Å². The second-order valence-electron chi connectivity index (χ2n) is 7.99. The number of carbonyl (C=O) groups is 2. The van der Waals surface area contributed by atoms with Gasteiger partial charge in [-0.15, -0.1) is 0 Å². The van der Waals surface area contributed by atoms with E-state index in [-0.39, 0.29) is 36.2 Å². The highest BCUT2D eigenvalue weighted by atomic mass is 16.5. The van der Waals surface area contributed by atoms with Crippen LogP contribution in [0, 0.1) is 5.92 Å². The Morgan fingerprint density at radius 3 is 2.68 bits per heavy atom. The molecule has 1 saturated heterocycles. The minimum absolute atomic E-state index is 0.101. The summed E-state index contributed by atoms with van der Waals surface area (Å²) in [6, 6.07) is 15.4. The lowest BCUT2D eigenvalue weighted by Gasteiger charge is -2.32. The number of para-hydroxylation sites is 1. The fourth-order valence-electron chi connectivity index (χ4n) is 3.76. The average molecular weight is 463 g/mol. The van der Waals surface area contributed by atoms with E-state index in [4.69, 9.17) is 10.5 Å². The third-order valence-electron chi connectivity index (χ3n) is 5.57. The van der Waals surface area contributed by atoms with Crippen LogP contribution in [0.25, 0.3) is 0 Å². The molecule has 1 unspecified atom stereocenters. The molecule has 10 nitrogen and oxygen atoms in total. The molecule has 10 heteroatoms. The summed E-state index contributed by atoms with van der Waals surface area (Å²) in [5.41, 5.74) is 5.71. The van der Waals surface area contributed by atoms with Gasteiger partial charge in [0.25, 0.3) is 11.5 Å². The number of piperidine rings is 1. The van der Waals surface area contributed by atoms with Crippen molar-refractivity contribution in [3.63, 3.8) is 0 Å². The van der Waals surface area contributed by atoms with E-state index in [1.807, 2.05) is 35.2 Å². The molecule has 2 aromatic heterocycles. The summed E-state index contributed by atoms with van der Waals surface area (Å²) in [7, 11) is 0. The van der Waals surface area contributed by atoms with Crippen LogP contribution in [0.3, 0.4) is 0 Å². The summed E-state index contributed by atoms with van der Waals surface area (Å²) in [4.78, 5) is 42.7. The van der Waals surface area contributed by atoms with Crippen molar-refractivity contribution in [2.24, 2.45) is 11.7 Å². The summed E-state index contributed by atoms with van der Waals surface area (Å²) in [6.45, 7) is 1.77. The number of ether oxygens (including phenoxy) is 1. The zero-order valence-corrected chi connectivity index (χ0v) is 18.6. The maximum atomic E-state index is 12.7. The van der Waals surface area contributed by atoms with Gasteiger partial charge >= 0.3 is 0 Å². The van der Waals surface area contributed by atoms with Crippen LogP contribution in [0.4, 0.5) is 11.5 Å². The van der Waals surface area contributed by atoms with Gasteiger partial charge < -0.3 is 20.7 Å². The van der Waals surface area contributed by atoms with Crippen LogP contribution >= 0.6 is 0 Å². The first-order valence-electron chi connectivity index (χ1n) is 11.1. The van der Waals surface area contributed by atoms with Crippen LogP contribution < -0.4 is 26.2 Å². The zero-order valence-electron chi connectivity index (χ0n) is 18.6. The molecule has 0 aliphatic carbocycles. The first-order chi connectivity index (χ1) is 16.5. The highest BCUT2D eigenvalue weighted by molar-refractivity contribution is 6.02. The topological polar surface area (TPSA) is 132 Å². The molecule has 0 radical (unpaired) electrons. The lowest BCUT2D eigenvalue weighted by Crippen LogP contribution is -2.41. The molecule has 3 N–H and O–H groups in total. The molecular weight excluding hydrogens is 436 g/mol. The van der Waals surface area contributed by atoms with E-state index < -0.39 is 5.91 Å². The maximum Gasteiger partial charge on any atom is 0.276 e. The van der Waals surface area contributed by atoms with Gasteiger partial charge in [-0.25, -0.2) is 9.67 Å². The van der Waals surface area contributed by atoms with Gasteiger partial charge in [0.05, 0.1) is 24.3 Å². The van der Waals surface area contributed by atoms with E-state index in [1.165, 1.54) is 16.8 Å². The number of amides is 2. The van der Waals surface area contributed by atoms with Crippen molar-refractivity contribution in [3.8, 4) is 5.75 Å². The van der Waals surface area contributed by atoms with Crippen LogP contribution in [0.1, 0.15) is 23.3 Å². The monoisotopic (exact) mass is 462 g/mol. The number of hydrogen-bond donors (Lipinski definition) is 2. The number of pyridine rings is 1. The highest BCUT2D eigenvalue weighted by Crippen LogP contribution is 2.22. The van der Waals surface area contributed by atoms with Gasteiger partial charge in [-0.2, -0.15) is 5.10 Å². The quantitative estimate of drug-likeness (QED) is 0.520. The van der Waals surface area contributed by atoms with Crippen LogP contribution in [-0.4, -0.2) is 46.3 Å². The third-order valence-corrected chi connectivity index (χ3v) is 5.57. The Hall–Kier alpha value is -4.21. The number of benzene rings is 1. The normalized spacial score (nSPS) is 15.5. The van der Waals surface area contributed by atoms with Crippen molar-refractivity contribution in [2.75, 3.05) is 29.9 Å². The number of nitrogens with zero attached hydrogens (tertiary/aromatic N) is 4. The summed E-state index contributed by atoms with van der Waals surface area (Å²) >= 11 is 0. The molecule has 1 fully saturated rings. The molecule has 1 aliphatic rings. The molecule has 1 aromatic carbocycles. The predicted molar refractivity (Wildman–Crippen MR) is 127 cm³/mol. The van der Waals surface area contributed by atoms with Crippen LogP contribution in [-0.2, 0) is 11.3 Å². The van der Waals surface area contributed by atoms with E-state index in [0.717, 1.165) is 19.4 Å². The number of nitrogens with two attached hydrogens (primary N) is 1. The van der Waals surface area contributed by atoms with Gasteiger partial charge in [0.2, 0.25) is 5.91 Å². The first-order valence-corrected chi connectivity index (χ1v) is 11.1. The number of hydrogen-bond acceptors (Lipinski definition) is 7. The van der Waals surface area contributed by atoms with Gasteiger partial charge in [0, 0.05) is 19.2 Å². The molecule has 1 atom stereocenters. The van der Waals surface area contributed by atoms with Crippen molar-refractivity contribution in [3.05, 3.63) is 76.8 Å². The van der Waals surface area contributed by atoms with Crippen LogP contribution in [0.5, 0.6) is 5.75 Å². The third kappa shape index (κ3) is 5.77.